The molecular weight excluding hydrogens is 771 g/mol. The maximum atomic E-state index is 2.59. The first-order valence-electron chi connectivity index (χ1n) is 21.5. The van der Waals surface area contributed by atoms with Gasteiger partial charge in [-0.2, -0.15) is 0 Å². The first-order valence-corrected chi connectivity index (χ1v) is 24.3. The van der Waals surface area contributed by atoms with Gasteiger partial charge in [0, 0.05) is 26.5 Å². The van der Waals surface area contributed by atoms with Gasteiger partial charge in [-0.15, -0.1) is 0 Å². The van der Waals surface area contributed by atoms with Crippen LogP contribution in [0.2, 0.25) is 0 Å². The summed E-state index contributed by atoms with van der Waals surface area (Å²) in [4.78, 5) is 5.30. The van der Waals surface area contributed by atoms with E-state index < -0.39 is 13.5 Å². The summed E-state index contributed by atoms with van der Waals surface area (Å²) in [6.07, 6.45) is 0. The fourth-order valence-electron chi connectivity index (χ4n) is 12.6. The molecule has 0 amide bonds. The third-order valence-electron chi connectivity index (χ3n) is 14.9. The van der Waals surface area contributed by atoms with Gasteiger partial charge in [-0.1, -0.05) is 195 Å². The molecule has 3 heteroatoms. The molecule has 286 valence electrons. The summed E-state index contributed by atoms with van der Waals surface area (Å²) in [7, 11) is -2.64. The van der Waals surface area contributed by atoms with Crippen molar-refractivity contribution in [2.45, 2.75) is 34.5 Å². The van der Waals surface area contributed by atoms with E-state index >= 15 is 0 Å². The number of fused-ring (bicyclic) bond motifs is 22. The van der Waals surface area contributed by atoms with E-state index in [1.807, 2.05) is 11.8 Å². The molecule has 0 unspecified atom stereocenters. The molecule has 5 aliphatic rings. The van der Waals surface area contributed by atoms with Gasteiger partial charge in [-0.3, -0.25) is 0 Å². The number of para-hydroxylation sites is 2. The third-order valence-corrected chi connectivity index (χ3v) is 21.1. The number of benzene rings is 9. The van der Waals surface area contributed by atoms with Crippen molar-refractivity contribution in [3.63, 3.8) is 0 Å². The van der Waals surface area contributed by atoms with Crippen molar-refractivity contribution < 1.29 is 0 Å². The van der Waals surface area contributed by atoms with E-state index in [0.717, 1.165) is 0 Å². The van der Waals surface area contributed by atoms with Crippen LogP contribution in [0, 0.1) is 0 Å². The predicted molar refractivity (Wildman–Crippen MR) is 256 cm³/mol. The number of hydrogen-bond acceptors (Lipinski definition) is 2. The number of anilines is 3. The van der Waals surface area contributed by atoms with Crippen molar-refractivity contribution in [3.05, 3.63) is 234 Å². The zero-order valence-corrected chi connectivity index (χ0v) is 35.7. The van der Waals surface area contributed by atoms with Crippen LogP contribution >= 0.6 is 11.8 Å². The monoisotopic (exact) mass is 809 g/mol. The molecule has 0 aromatic heterocycles. The minimum atomic E-state index is -2.64. The first kappa shape index (κ1) is 34.1. The van der Waals surface area contributed by atoms with Crippen LogP contribution < -0.4 is 25.6 Å². The zero-order chi connectivity index (χ0) is 40.2. The van der Waals surface area contributed by atoms with E-state index in [2.05, 4.69) is 219 Å². The SMILES string of the molecule is CC1(C)c2ccccc2-c2c1ccc1c2Sc2ccccc2C12c1ccccc1N(c1ccc3c(c1)[Si]1(c4ccccc4-c4ccccc41)c1ccccc1-3)c1ccccc12. The van der Waals surface area contributed by atoms with Gasteiger partial charge in [0.15, 0.2) is 8.07 Å². The number of rotatable bonds is 1. The fraction of sp³-hybridized carbons (Fsp3) is 0.0690. The van der Waals surface area contributed by atoms with Crippen LogP contribution in [0.3, 0.4) is 0 Å². The van der Waals surface area contributed by atoms with E-state index in [-0.39, 0.29) is 5.41 Å². The Kier molecular flexibility index (Phi) is 6.59. The van der Waals surface area contributed by atoms with Gasteiger partial charge >= 0.3 is 0 Å². The summed E-state index contributed by atoms with van der Waals surface area (Å²) in [5.74, 6) is 0. The van der Waals surface area contributed by atoms with Crippen molar-refractivity contribution in [2.24, 2.45) is 0 Å². The normalized spacial score (nSPS) is 16.3. The molecule has 14 rings (SSSR count). The summed E-state index contributed by atoms with van der Waals surface area (Å²) in [5, 5.41) is 6.00. The highest BCUT2D eigenvalue weighted by molar-refractivity contribution is 7.99. The molecule has 0 saturated carbocycles. The molecule has 0 saturated heterocycles. The van der Waals surface area contributed by atoms with Crippen LogP contribution in [0.25, 0.3) is 33.4 Å². The van der Waals surface area contributed by atoms with Crippen molar-refractivity contribution >= 4 is 57.6 Å². The van der Waals surface area contributed by atoms with Crippen LogP contribution in [0.15, 0.2) is 210 Å². The second kappa shape index (κ2) is 11.8. The van der Waals surface area contributed by atoms with Gasteiger partial charge in [0.2, 0.25) is 0 Å². The topological polar surface area (TPSA) is 3.24 Å². The molecule has 0 bridgehead atoms. The Balaban J connectivity index is 1.06. The highest BCUT2D eigenvalue weighted by Gasteiger charge is 2.55. The van der Waals surface area contributed by atoms with Gasteiger partial charge in [-0.05, 0) is 112 Å². The lowest BCUT2D eigenvalue weighted by Crippen LogP contribution is -2.70. The Morgan fingerprint density at radius 3 is 1.49 bits per heavy atom. The standard InChI is InChI=1S/C58H39NSSi/c1-57(2)42-21-7-3-20-41(42)55-46(57)33-34-47-56(55)60-50-27-13-10-24-45(50)58(47)43-22-8-11-25-48(43)59(49-26-12-9-23-44(49)58)36-31-32-40-39-19-6-16-30-53(39)61(54(40)35-36)51-28-14-4-17-37(51)38-18-5-15-29-52(38)61/h3-35H,1-2H3. The van der Waals surface area contributed by atoms with Gasteiger partial charge in [0.05, 0.1) is 16.8 Å². The van der Waals surface area contributed by atoms with Gasteiger partial charge < -0.3 is 4.90 Å². The number of hydrogen-bond donors (Lipinski definition) is 0. The molecule has 0 atom stereocenters. The molecule has 2 spiro atoms. The van der Waals surface area contributed by atoms with E-state index in [1.165, 1.54) is 114 Å². The molecule has 1 nitrogen and oxygen atoms in total. The quantitative estimate of drug-likeness (QED) is 0.152. The van der Waals surface area contributed by atoms with Gasteiger partial charge in [-0.25, -0.2) is 0 Å². The summed E-state index contributed by atoms with van der Waals surface area (Å²) >= 11 is 1.96. The lowest BCUT2D eigenvalue weighted by Gasteiger charge is -2.49. The Hall–Kier alpha value is -6.65. The summed E-state index contributed by atoms with van der Waals surface area (Å²) in [5.41, 5.74) is 19.5. The first-order chi connectivity index (χ1) is 30.0. The van der Waals surface area contributed by atoms with Crippen molar-refractivity contribution in [1.82, 2.24) is 0 Å². The Labute approximate surface area is 362 Å². The zero-order valence-electron chi connectivity index (χ0n) is 33.9. The summed E-state index contributed by atoms with van der Waals surface area (Å²) in [6, 6.07) is 77.1. The van der Waals surface area contributed by atoms with Crippen LogP contribution in [0.1, 0.15) is 47.2 Å². The molecule has 4 heterocycles. The minimum absolute atomic E-state index is 0.0843. The van der Waals surface area contributed by atoms with Crippen molar-refractivity contribution in [3.8, 4) is 33.4 Å². The average molecular weight is 810 g/mol. The largest absolute Gasteiger partial charge is 0.310 e. The molecule has 1 aliphatic carbocycles. The maximum absolute atomic E-state index is 2.64. The molecule has 9 aromatic carbocycles. The second-order valence-corrected chi connectivity index (χ2v) is 22.6. The summed E-state index contributed by atoms with van der Waals surface area (Å²) in [6.45, 7) is 4.80. The Bertz CT molecular complexity index is 3300. The Morgan fingerprint density at radius 2 is 0.869 bits per heavy atom. The highest BCUT2D eigenvalue weighted by Crippen LogP contribution is 2.65. The summed E-state index contributed by atoms with van der Waals surface area (Å²) < 4.78 is 0. The molecule has 0 N–H and O–H groups in total. The Morgan fingerprint density at radius 1 is 0.393 bits per heavy atom. The third kappa shape index (κ3) is 3.96. The van der Waals surface area contributed by atoms with Crippen molar-refractivity contribution in [1.29, 1.82) is 0 Å². The molecular formula is C58H39NSSi. The average Bonchev–Trinajstić information content (AvgIpc) is 3.87. The van der Waals surface area contributed by atoms with Crippen LogP contribution in [0.5, 0.6) is 0 Å². The predicted octanol–water partition coefficient (Wildman–Crippen LogP) is 12.0. The molecule has 0 radical (unpaired) electrons. The van der Waals surface area contributed by atoms with E-state index in [0.29, 0.717) is 0 Å². The second-order valence-electron chi connectivity index (χ2n) is 17.9. The lowest BCUT2D eigenvalue weighted by atomic mass is 9.61. The highest BCUT2D eigenvalue weighted by atomic mass is 32.2. The molecule has 9 aromatic rings. The molecule has 4 aliphatic heterocycles. The smallest absolute Gasteiger partial charge is 0.182 e. The van der Waals surface area contributed by atoms with Gasteiger partial charge in [0.1, 0.15) is 0 Å². The van der Waals surface area contributed by atoms with Crippen LogP contribution in [0.4, 0.5) is 17.1 Å². The minimum Gasteiger partial charge on any atom is -0.310 e. The van der Waals surface area contributed by atoms with Crippen LogP contribution in [-0.4, -0.2) is 8.07 Å². The molecule has 0 fully saturated rings. The van der Waals surface area contributed by atoms with E-state index in [1.54, 1.807) is 0 Å². The lowest BCUT2D eigenvalue weighted by molar-refractivity contribution is 0.654. The van der Waals surface area contributed by atoms with Crippen molar-refractivity contribution in [2.75, 3.05) is 4.90 Å². The van der Waals surface area contributed by atoms with Crippen LogP contribution in [-0.2, 0) is 10.8 Å². The van der Waals surface area contributed by atoms with Gasteiger partial charge in [0.25, 0.3) is 0 Å². The maximum Gasteiger partial charge on any atom is 0.182 e. The fourth-order valence-corrected chi connectivity index (χ4v) is 19.6. The van der Waals surface area contributed by atoms with E-state index in [9.17, 15) is 0 Å². The van der Waals surface area contributed by atoms with E-state index in [4.69, 9.17) is 0 Å². The molecule has 61 heavy (non-hydrogen) atoms. The number of nitrogens with zero attached hydrogens (tertiary/aromatic N) is 1.